The predicted molar refractivity (Wildman–Crippen MR) is 84.7 cm³/mol. The zero-order valence-corrected chi connectivity index (χ0v) is 12.5. The van der Waals surface area contributed by atoms with E-state index in [1.54, 1.807) is 0 Å². The molecule has 0 bridgehead atoms. The Morgan fingerprint density at radius 3 is 2.59 bits per heavy atom. The van der Waals surface area contributed by atoms with Crippen LogP contribution in [0.15, 0.2) is 48.5 Å². The summed E-state index contributed by atoms with van der Waals surface area (Å²) in [6.07, 6.45) is 1.74. The average molecular weight is 293 g/mol. The highest BCUT2D eigenvalue weighted by Crippen LogP contribution is 2.29. The average Bonchev–Trinajstić information content (AvgIpc) is 2.60. The van der Waals surface area contributed by atoms with Crippen LogP contribution in [-0.2, 0) is 24.2 Å². The van der Waals surface area contributed by atoms with Crippen LogP contribution in [0.4, 0.5) is 0 Å². The van der Waals surface area contributed by atoms with Gasteiger partial charge >= 0.3 is 0 Å². The van der Waals surface area contributed by atoms with Gasteiger partial charge in [0.15, 0.2) is 0 Å². The van der Waals surface area contributed by atoms with E-state index in [0.717, 1.165) is 37.2 Å². The van der Waals surface area contributed by atoms with Gasteiger partial charge in [0.05, 0.1) is 5.92 Å². The number of hydrogen-bond donors (Lipinski definition) is 0. The molecule has 3 heteroatoms. The number of benzene rings is 2. The van der Waals surface area contributed by atoms with E-state index in [1.165, 1.54) is 11.1 Å². The van der Waals surface area contributed by atoms with Crippen LogP contribution < -0.4 is 4.74 Å². The molecule has 0 spiro atoms. The second kappa shape index (κ2) is 5.48. The van der Waals surface area contributed by atoms with E-state index in [1.807, 2.05) is 29.2 Å². The zero-order valence-electron chi connectivity index (χ0n) is 12.5. The summed E-state index contributed by atoms with van der Waals surface area (Å²) in [5, 5.41) is 0. The maximum atomic E-state index is 12.8. The Hall–Kier alpha value is -2.29. The van der Waals surface area contributed by atoms with E-state index in [-0.39, 0.29) is 11.8 Å². The topological polar surface area (TPSA) is 29.5 Å². The number of amides is 1. The van der Waals surface area contributed by atoms with Gasteiger partial charge in [-0.1, -0.05) is 42.5 Å². The number of rotatable bonds is 1. The van der Waals surface area contributed by atoms with Gasteiger partial charge in [0.1, 0.15) is 12.4 Å². The first-order chi connectivity index (χ1) is 10.8. The first kappa shape index (κ1) is 13.4. The number of nitrogens with zero attached hydrogens (tertiary/aromatic N) is 1. The summed E-state index contributed by atoms with van der Waals surface area (Å²) in [7, 11) is 0. The fourth-order valence-corrected chi connectivity index (χ4v) is 3.43. The van der Waals surface area contributed by atoms with Gasteiger partial charge in [-0.25, -0.2) is 0 Å². The lowest BCUT2D eigenvalue weighted by molar-refractivity contribution is -0.137. The third-order valence-electron chi connectivity index (χ3n) is 4.67. The molecule has 1 unspecified atom stereocenters. The molecule has 1 atom stereocenters. The Morgan fingerprint density at radius 2 is 1.73 bits per heavy atom. The summed E-state index contributed by atoms with van der Waals surface area (Å²) in [6, 6.07) is 16.4. The molecule has 3 nitrogen and oxygen atoms in total. The minimum Gasteiger partial charge on any atom is -0.492 e. The van der Waals surface area contributed by atoms with Gasteiger partial charge in [-0.05, 0) is 35.6 Å². The Labute approximate surface area is 130 Å². The molecule has 0 radical (unpaired) electrons. The molecule has 0 saturated carbocycles. The summed E-state index contributed by atoms with van der Waals surface area (Å²) >= 11 is 0. The third-order valence-corrected chi connectivity index (χ3v) is 4.67. The SMILES string of the molecule is O=C(C1COc2ccccc2C1)N1CCc2ccccc2C1. The highest BCUT2D eigenvalue weighted by Gasteiger charge is 2.30. The second-order valence-corrected chi connectivity index (χ2v) is 6.10. The number of carbonyl (C=O) groups is 1. The van der Waals surface area contributed by atoms with Crippen molar-refractivity contribution in [3.05, 3.63) is 65.2 Å². The van der Waals surface area contributed by atoms with Crippen molar-refractivity contribution < 1.29 is 9.53 Å². The molecule has 0 aromatic heterocycles. The maximum absolute atomic E-state index is 12.8. The van der Waals surface area contributed by atoms with Crippen LogP contribution in [0.1, 0.15) is 16.7 Å². The first-order valence-electron chi connectivity index (χ1n) is 7.87. The molecule has 22 heavy (non-hydrogen) atoms. The van der Waals surface area contributed by atoms with Crippen LogP contribution in [0, 0.1) is 5.92 Å². The predicted octanol–water partition coefficient (Wildman–Crippen LogP) is 2.82. The van der Waals surface area contributed by atoms with Crippen LogP contribution in [-0.4, -0.2) is 24.0 Å². The number of hydrogen-bond acceptors (Lipinski definition) is 2. The molecule has 2 aromatic rings. The Morgan fingerprint density at radius 1 is 1.00 bits per heavy atom. The Bertz CT molecular complexity index is 651. The normalized spacial score (nSPS) is 19.8. The van der Waals surface area contributed by atoms with E-state index >= 15 is 0 Å². The highest BCUT2D eigenvalue weighted by atomic mass is 16.5. The quantitative estimate of drug-likeness (QED) is 0.809. The van der Waals surface area contributed by atoms with Gasteiger partial charge < -0.3 is 9.64 Å². The summed E-state index contributed by atoms with van der Waals surface area (Å²) < 4.78 is 5.77. The number of para-hydroxylation sites is 1. The van der Waals surface area contributed by atoms with E-state index < -0.39 is 0 Å². The van der Waals surface area contributed by atoms with Crippen molar-refractivity contribution in [2.45, 2.75) is 19.4 Å². The van der Waals surface area contributed by atoms with E-state index in [2.05, 4.69) is 24.3 Å². The Kier molecular flexibility index (Phi) is 3.34. The molecule has 112 valence electrons. The number of ether oxygens (including phenoxy) is 1. The summed E-state index contributed by atoms with van der Waals surface area (Å²) in [5.74, 6) is 1.10. The highest BCUT2D eigenvalue weighted by molar-refractivity contribution is 5.80. The van der Waals surface area contributed by atoms with E-state index in [9.17, 15) is 4.79 Å². The first-order valence-corrected chi connectivity index (χ1v) is 7.87. The summed E-state index contributed by atoms with van der Waals surface area (Å²) in [4.78, 5) is 14.8. The molecule has 1 amide bonds. The van der Waals surface area contributed by atoms with Crippen LogP contribution in [0.5, 0.6) is 5.75 Å². The van der Waals surface area contributed by atoms with Gasteiger partial charge in [0, 0.05) is 13.1 Å². The van der Waals surface area contributed by atoms with Gasteiger partial charge in [-0.2, -0.15) is 0 Å². The molecule has 2 heterocycles. The van der Waals surface area contributed by atoms with E-state index in [0.29, 0.717) is 6.61 Å². The lowest BCUT2D eigenvalue weighted by atomic mass is 9.93. The van der Waals surface area contributed by atoms with Crippen molar-refractivity contribution in [3.8, 4) is 5.75 Å². The van der Waals surface area contributed by atoms with Crippen molar-refractivity contribution in [3.63, 3.8) is 0 Å². The monoisotopic (exact) mass is 293 g/mol. The molecule has 0 saturated heterocycles. The molecule has 0 fully saturated rings. The van der Waals surface area contributed by atoms with Gasteiger partial charge in [-0.15, -0.1) is 0 Å². The largest absolute Gasteiger partial charge is 0.492 e. The lowest BCUT2D eigenvalue weighted by Gasteiger charge is -2.33. The van der Waals surface area contributed by atoms with Gasteiger partial charge in [0.25, 0.3) is 0 Å². The molecule has 2 aromatic carbocycles. The molecule has 0 aliphatic carbocycles. The van der Waals surface area contributed by atoms with Crippen molar-refractivity contribution >= 4 is 5.91 Å². The van der Waals surface area contributed by atoms with Crippen LogP contribution in [0.3, 0.4) is 0 Å². The van der Waals surface area contributed by atoms with Crippen molar-refractivity contribution in [1.82, 2.24) is 4.90 Å². The van der Waals surface area contributed by atoms with Crippen molar-refractivity contribution in [1.29, 1.82) is 0 Å². The number of carbonyl (C=O) groups excluding carboxylic acids is 1. The van der Waals surface area contributed by atoms with E-state index in [4.69, 9.17) is 4.74 Å². The minimum absolute atomic E-state index is 0.0554. The smallest absolute Gasteiger partial charge is 0.229 e. The Balaban J connectivity index is 1.50. The second-order valence-electron chi connectivity index (χ2n) is 6.10. The van der Waals surface area contributed by atoms with Crippen LogP contribution >= 0.6 is 0 Å². The lowest BCUT2D eigenvalue weighted by Crippen LogP contribution is -2.43. The standard InChI is InChI=1S/C19H19NO2/c21-19(17-11-15-6-3-4-8-18(15)22-13-17)20-10-9-14-5-1-2-7-16(14)12-20/h1-8,17H,9-13H2. The molecular formula is C19H19NO2. The third kappa shape index (κ3) is 2.37. The molecule has 0 N–H and O–H groups in total. The molecule has 2 aliphatic heterocycles. The van der Waals surface area contributed by atoms with Crippen LogP contribution in [0.25, 0.3) is 0 Å². The molecule has 2 aliphatic rings. The number of fused-ring (bicyclic) bond motifs is 2. The summed E-state index contributed by atoms with van der Waals surface area (Å²) in [6.45, 7) is 2.04. The van der Waals surface area contributed by atoms with Crippen molar-refractivity contribution in [2.24, 2.45) is 5.92 Å². The molecular weight excluding hydrogens is 274 g/mol. The minimum atomic E-state index is -0.0554. The fraction of sp³-hybridized carbons (Fsp3) is 0.316. The van der Waals surface area contributed by atoms with Gasteiger partial charge in [-0.3, -0.25) is 4.79 Å². The van der Waals surface area contributed by atoms with Gasteiger partial charge in [0.2, 0.25) is 5.91 Å². The maximum Gasteiger partial charge on any atom is 0.229 e. The van der Waals surface area contributed by atoms with Crippen LogP contribution in [0.2, 0.25) is 0 Å². The zero-order chi connectivity index (χ0) is 14.9. The fourth-order valence-electron chi connectivity index (χ4n) is 3.43. The molecule has 4 rings (SSSR count). The summed E-state index contributed by atoms with van der Waals surface area (Å²) in [5.41, 5.74) is 3.79. The van der Waals surface area contributed by atoms with Crippen molar-refractivity contribution in [2.75, 3.05) is 13.2 Å².